The fourth-order valence-corrected chi connectivity index (χ4v) is 2.58. The van der Waals surface area contributed by atoms with E-state index in [2.05, 4.69) is 28.2 Å². The van der Waals surface area contributed by atoms with E-state index < -0.39 is 0 Å². The Hall–Kier alpha value is -0.770. The number of nitrogens with one attached hydrogen (secondary N) is 1. The third-order valence-electron chi connectivity index (χ3n) is 3.41. The highest BCUT2D eigenvalue weighted by atomic mass is 35.5. The van der Waals surface area contributed by atoms with Gasteiger partial charge in [0.05, 0.1) is 10.7 Å². The number of anilines is 1. The van der Waals surface area contributed by atoms with Crippen LogP contribution in [0.4, 0.5) is 5.69 Å². The first-order chi connectivity index (χ1) is 8.22. The van der Waals surface area contributed by atoms with E-state index in [0.717, 1.165) is 36.9 Å². The maximum Gasteiger partial charge on any atom is 0.0639 e. The molecule has 0 amide bonds. The molecule has 0 radical (unpaired) electrons. The van der Waals surface area contributed by atoms with Crippen molar-refractivity contribution in [2.24, 2.45) is 0 Å². The number of benzene rings is 1. The number of halogens is 1. The second kappa shape index (κ2) is 5.71. The normalized spacial score (nSPS) is 21.8. The maximum absolute atomic E-state index is 6.25. The van der Waals surface area contributed by atoms with Gasteiger partial charge in [0.1, 0.15) is 0 Å². The molecule has 3 nitrogen and oxygen atoms in total. The van der Waals surface area contributed by atoms with Gasteiger partial charge in [-0.15, -0.1) is 0 Å². The highest BCUT2D eigenvalue weighted by molar-refractivity contribution is 6.33. The predicted molar refractivity (Wildman–Crippen MR) is 74.0 cm³/mol. The Labute approximate surface area is 108 Å². The van der Waals surface area contributed by atoms with Gasteiger partial charge in [0.15, 0.2) is 0 Å². The number of para-hydroxylation sites is 1. The van der Waals surface area contributed by atoms with Gasteiger partial charge in [-0.05, 0) is 26.2 Å². The molecule has 0 aliphatic carbocycles. The smallest absolute Gasteiger partial charge is 0.0639 e. The van der Waals surface area contributed by atoms with Gasteiger partial charge in [-0.3, -0.25) is 4.90 Å². The van der Waals surface area contributed by atoms with Gasteiger partial charge in [0.2, 0.25) is 0 Å². The number of rotatable bonds is 3. The fourth-order valence-electron chi connectivity index (χ4n) is 2.33. The van der Waals surface area contributed by atoms with Crippen LogP contribution in [-0.4, -0.2) is 51.2 Å². The zero-order valence-corrected chi connectivity index (χ0v) is 11.2. The first-order valence-electron chi connectivity index (χ1n) is 6.06. The van der Waals surface area contributed by atoms with Crippen molar-refractivity contribution in [1.82, 2.24) is 10.2 Å². The average Bonchev–Trinajstić information content (AvgIpc) is 2.33. The number of hydrogen-bond acceptors (Lipinski definition) is 3. The number of likely N-dealkylation sites (N-methyl/N-ethyl adjacent to an activating group) is 2. The minimum Gasteiger partial charge on any atom is -0.367 e. The van der Waals surface area contributed by atoms with Crippen molar-refractivity contribution < 1.29 is 0 Å². The molecule has 2 rings (SSSR count). The standard InChI is InChI=1S/C13H20ClN3/c1-15-9-11-10-17(8-7-16(11)2)13-6-4-3-5-12(13)14/h3-6,11,15H,7-10H2,1-2H3. The molecule has 17 heavy (non-hydrogen) atoms. The summed E-state index contributed by atoms with van der Waals surface area (Å²) in [5.41, 5.74) is 1.16. The van der Waals surface area contributed by atoms with E-state index in [1.54, 1.807) is 0 Å². The zero-order chi connectivity index (χ0) is 12.3. The molecule has 1 aromatic rings. The maximum atomic E-state index is 6.25. The second-order valence-corrected chi connectivity index (χ2v) is 5.00. The van der Waals surface area contributed by atoms with Crippen LogP contribution in [-0.2, 0) is 0 Å². The SMILES string of the molecule is CNCC1CN(c2ccccc2Cl)CCN1C. The lowest BCUT2D eigenvalue weighted by Crippen LogP contribution is -2.54. The van der Waals surface area contributed by atoms with E-state index in [-0.39, 0.29) is 0 Å². The molecule has 1 heterocycles. The van der Waals surface area contributed by atoms with Gasteiger partial charge in [0.25, 0.3) is 0 Å². The van der Waals surface area contributed by atoms with Gasteiger partial charge < -0.3 is 10.2 Å². The molecule has 1 saturated heterocycles. The first-order valence-corrected chi connectivity index (χ1v) is 6.44. The van der Waals surface area contributed by atoms with Crippen LogP contribution in [0, 0.1) is 0 Å². The van der Waals surface area contributed by atoms with E-state index >= 15 is 0 Å². The lowest BCUT2D eigenvalue weighted by Gasteiger charge is -2.40. The molecule has 0 bridgehead atoms. The third kappa shape index (κ3) is 2.92. The van der Waals surface area contributed by atoms with Gasteiger partial charge >= 0.3 is 0 Å². The molecular formula is C13H20ClN3. The molecule has 1 atom stereocenters. The Morgan fingerprint density at radius 3 is 2.82 bits per heavy atom. The van der Waals surface area contributed by atoms with E-state index in [1.165, 1.54) is 0 Å². The summed E-state index contributed by atoms with van der Waals surface area (Å²) in [6.45, 7) is 4.16. The van der Waals surface area contributed by atoms with Crippen LogP contribution in [0.1, 0.15) is 0 Å². The minimum atomic E-state index is 0.546. The molecule has 1 aromatic carbocycles. The van der Waals surface area contributed by atoms with Crippen molar-refractivity contribution in [3.05, 3.63) is 29.3 Å². The Morgan fingerprint density at radius 1 is 1.35 bits per heavy atom. The minimum absolute atomic E-state index is 0.546. The summed E-state index contributed by atoms with van der Waals surface area (Å²) in [6.07, 6.45) is 0. The van der Waals surface area contributed by atoms with E-state index in [1.807, 2.05) is 25.2 Å². The van der Waals surface area contributed by atoms with Crippen LogP contribution in [0.5, 0.6) is 0 Å². The summed E-state index contributed by atoms with van der Waals surface area (Å²) in [6, 6.07) is 8.64. The van der Waals surface area contributed by atoms with E-state index in [0.29, 0.717) is 6.04 Å². The molecule has 1 unspecified atom stereocenters. The topological polar surface area (TPSA) is 18.5 Å². The summed E-state index contributed by atoms with van der Waals surface area (Å²) < 4.78 is 0. The van der Waals surface area contributed by atoms with Crippen molar-refractivity contribution in [3.63, 3.8) is 0 Å². The summed E-state index contributed by atoms with van der Waals surface area (Å²) in [5.74, 6) is 0. The van der Waals surface area contributed by atoms with Gasteiger partial charge in [-0.25, -0.2) is 0 Å². The second-order valence-electron chi connectivity index (χ2n) is 4.59. The van der Waals surface area contributed by atoms with E-state index in [4.69, 9.17) is 11.6 Å². The lowest BCUT2D eigenvalue weighted by molar-refractivity contribution is 0.216. The van der Waals surface area contributed by atoms with Crippen molar-refractivity contribution >= 4 is 17.3 Å². The van der Waals surface area contributed by atoms with Crippen LogP contribution in [0.25, 0.3) is 0 Å². The Kier molecular flexibility index (Phi) is 4.26. The van der Waals surface area contributed by atoms with Crippen LogP contribution in [0.2, 0.25) is 5.02 Å². The summed E-state index contributed by atoms with van der Waals surface area (Å²) in [5, 5.41) is 4.10. The van der Waals surface area contributed by atoms with Gasteiger partial charge in [0, 0.05) is 32.2 Å². The molecule has 1 fully saturated rings. The van der Waals surface area contributed by atoms with E-state index in [9.17, 15) is 0 Å². The molecule has 0 saturated carbocycles. The summed E-state index contributed by atoms with van der Waals surface area (Å²) in [7, 11) is 4.19. The molecule has 0 aromatic heterocycles. The number of hydrogen-bond donors (Lipinski definition) is 1. The molecule has 94 valence electrons. The first kappa shape index (κ1) is 12.7. The largest absolute Gasteiger partial charge is 0.367 e. The van der Waals surface area contributed by atoms with Crippen molar-refractivity contribution in [1.29, 1.82) is 0 Å². The Balaban J connectivity index is 2.10. The van der Waals surface area contributed by atoms with Gasteiger partial charge in [-0.1, -0.05) is 23.7 Å². The van der Waals surface area contributed by atoms with Crippen LogP contribution in [0.3, 0.4) is 0 Å². The van der Waals surface area contributed by atoms with Crippen LogP contribution in [0.15, 0.2) is 24.3 Å². The van der Waals surface area contributed by atoms with Crippen LogP contribution >= 0.6 is 11.6 Å². The highest BCUT2D eigenvalue weighted by Crippen LogP contribution is 2.26. The quantitative estimate of drug-likeness (QED) is 0.884. The number of piperazine rings is 1. The molecular weight excluding hydrogens is 234 g/mol. The summed E-state index contributed by atoms with van der Waals surface area (Å²) in [4.78, 5) is 4.79. The highest BCUT2D eigenvalue weighted by Gasteiger charge is 2.24. The van der Waals surface area contributed by atoms with Crippen LogP contribution < -0.4 is 10.2 Å². The van der Waals surface area contributed by atoms with Crippen molar-refractivity contribution in [3.8, 4) is 0 Å². The Morgan fingerprint density at radius 2 is 2.12 bits per heavy atom. The third-order valence-corrected chi connectivity index (χ3v) is 3.73. The zero-order valence-electron chi connectivity index (χ0n) is 10.5. The predicted octanol–water partition coefficient (Wildman–Crippen LogP) is 1.68. The molecule has 0 spiro atoms. The molecule has 4 heteroatoms. The molecule has 1 N–H and O–H groups in total. The number of nitrogens with zero attached hydrogens (tertiary/aromatic N) is 2. The summed E-state index contributed by atoms with van der Waals surface area (Å²) >= 11 is 6.25. The molecule has 1 aliphatic rings. The molecule has 1 aliphatic heterocycles. The average molecular weight is 254 g/mol. The fraction of sp³-hybridized carbons (Fsp3) is 0.538. The Bertz CT molecular complexity index is 369. The van der Waals surface area contributed by atoms with Crippen molar-refractivity contribution in [2.45, 2.75) is 6.04 Å². The lowest BCUT2D eigenvalue weighted by atomic mass is 10.1. The van der Waals surface area contributed by atoms with Crippen molar-refractivity contribution in [2.75, 3.05) is 45.2 Å². The van der Waals surface area contributed by atoms with Gasteiger partial charge in [-0.2, -0.15) is 0 Å². The monoisotopic (exact) mass is 253 g/mol.